The van der Waals surface area contributed by atoms with Crippen molar-refractivity contribution in [3.05, 3.63) is 29.8 Å². The number of rotatable bonds is 7. The van der Waals surface area contributed by atoms with Crippen LogP contribution in [0.15, 0.2) is 29.3 Å². The van der Waals surface area contributed by atoms with E-state index in [0.29, 0.717) is 23.6 Å². The van der Waals surface area contributed by atoms with Gasteiger partial charge in [-0.25, -0.2) is 0 Å². The number of amides is 2. The van der Waals surface area contributed by atoms with E-state index in [9.17, 15) is 14.9 Å². The summed E-state index contributed by atoms with van der Waals surface area (Å²) in [7, 11) is 4.90. The van der Waals surface area contributed by atoms with Crippen LogP contribution in [0.1, 0.15) is 30.1 Å². The molecule has 2 amide bonds. The molecular weight excluding hydrogens is 318 g/mol. The van der Waals surface area contributed by atoms with E-state index < -0.39 is 11.8 Å². The van der Waals surface area contributed by atoms with Gasteiger partial charge in [-0.2, -0.15) is 5.26 Å². The maximum absolute atomic E-state index is 12.4. The fraction of sp³-hybridized carbons (Fsp3) is 0.444. The van der Waals surface area contributed by atoms with Crippen molar-refractivity contribution in [3.8, 4) is 6.07 Å². The first kappa shape index (κ1) is 20.2. The Hall–Kier alpha value is -2.88. The van der Waals surface area contributed by atoms with Crippen LogP contribution in [0.5, 0.6) is 0 Å². The number of amidine groups is 1. The van der Waals surface area contributed by atoms with E-state index in [0.717, 1.165) is 12.8 Å². The van der Waals surface area contributed by atoms with E-state index in [-0.39, 0.29) is 5.91 Å². The Morgan fingerprint density at radius 3 is 2.40 bits per heavy atom. The minimum Gasteiger partial charge on any atom is -0.372 e. The highest BCUT2D eigenvalue weighted by Crippen LogP contribution is 2.12. The lowest BCUT2D eigenvalue weighted by atomic mass is 10.1. The van der Waals surface area contributed by atoms with Crippen LogP contribution in [0.3, 0.4) is 0 Å². The summed E-state index contributed by atoms with van der Waals surface area (Å²) < 4.78 is 0. The first-order valence-corrected chi connectivity index (χ1v) is 8.17. The normalized spacial score (nSPS) is 12.0. The average molecular weight is 343 g/mol. The highest BCUT2D eigenvalue weighted by molar-refractivity contribution is 6.10. The van der Waals surface area contributed by atoms with E-state index in [2.05, 4.69) is 22.5 Å². The minimum atomic E-state index is -1.01. The predicted molar refractivity (Wildman–Crippen MR) is 98.5 cm³/mol. The molecule has 0 aliphatic rings. The van der Waals surface area contributed by atoms with Crippen LogP contribution in [0.4, 0.5) is 5.69 Å². The van der Waals surface area contributed by atoms with E-state index in [1.54, 1.807) is 45.4 Å². The van der Waals surface area contributed by atoms with E-state index in [1.807, 2.05) is 6.07 Å². The number of nitrogens with zero attached hydrogens (tertiary/aromatic N) is 3. The van der Waals surface area contributed by atoms with Gasteiger partial charge >= 0.3 is 0 Å². The van der Waals surface area contributed by atoms with Gasteiger partial charge in [0.25, 0.3) is 5.91 Å². The number of anilines is 1. The Morgan fingerprint density at radius 1 is 1.28 bits per heavy atom. The molecule has 7 nitrogen and oxygen atoms in total. The minimum absolute atomic E-state index is 0.117. The average Bonchev–Trinajstić information content (AvgIpc) is 2.61. The number of nitriles is 1. The van der Waals surface area contributed by atoms with Gasteiger partial charge in [0.1, 0.15) is 5.84 Å². The first-order valence-electron chi connectivity index (χ1n) is 8.17. The van der Waals surface area contributed by atoms with Gasteiger partial charge in [0.05, 0.1) is 6.07 Å². The smallest absolute Gasteiger partial charge is 0.253 e. The number of unbranched alkanes of at least 4 members (excludes halogenated alkanes) is 1. The second kappa shape index (κ2) is 10.1. The predicted octanol–water partition coefficient (Wildman–Crippen LogP) is 1.88. The molecule has 0 aliphatic carbocycles. The van der Waals surface area contributed by atoms with Gasteiger partial charge in [-0.1, -0.05) is 13.3 Å². The Balaban J connectivity index is 2.78. The van der Waals surface area contributed by atoms with Crippen molar-refractivity contribution < 1.29 is 9.59 Å². The van der Waals surface area contributed by atoms with Gasteiger partial charge in [-0.05, 0) is 30.7 Å². The van der Waals surface area contributed by atoms with Crippen LogP contribution in [-0.2, 0) is 4.79 Å². The van der Waals surface area contributed by atoms with Crippen LogP contribution < -0.4 is 10.6 Å². The van der Waals surface area contributed by atoms with Crippen molar-refractivity contribution in [2.24, 2.45) is 10.9 Å². The second-order valence-electron chi connectivity index (χ2n) is 5.72. The fourth-order valence-corrected chi connectivity index (χ4v) is 2.12. The van der Waals surface area contributed by atoms with Crippen LogP contribution in [0.2, 0.25) is 0 Å². The molecule has 0 heterocycles. The van der Waals surface area contributed by atoms with Crippen molar-refractivity contribution in [1.29, 1.82) is 5.26 Å². The van der Waals surface area contributed by atoms with Crippen molar-refractivity contribution in [3.63, 3.8) is 0 Å². The molecule has 0 saturated carbocycles. The van der Waals surface area contributed by atoms with Crippen LogP contribution in [0.25, 0.3) is 0 Å². The Bertz CT molecular complexity index is 659. The topological polar surface area (TPSA) is 97.6 Å². The highest BCUT2D eigenvalue weighted by Gasteiger charge is 2.24. The molecule has 1 unspecified atom stereocenters. The van der Waals surface area contributed by atoms with Gasteiger partial charge in [-0.15, -0.1) is 0 Å². The van der Waals surface area contributed by atoms with Gasteiger partial charge in [0, 0.05) is 38.9 Å². The molecule has 2 N–H and O–H groups in total. The third kappa shape index (κ3) is 5.92. The zero-order valence-corrected chi connectivity index (χ0v) is 15.2. The molecule has 0 aromatic heterocycles. The van der Waals surface area contributed by atoms with Crippen LogP contribution in [-0.4, -0.2) is 50.2 Å². The molecule has 0 bridgehead atoms. The summed E-state index contributed by atoms with van der Waals surface area (Å²) in [5.41, 5.74) is 1.04. The number of hydrogen-bond donors (Lipinski definition) is 2. The largest absolute Gasteiger partial charge is 0.372 e. The number of carbonyl (C=O) groups excluding carboxylic acids is 2. The quantitative estimate of drug-likeness (QED) is 0.449. The zero-order chi connectivity index (χ0) is 18.8. The van der Waals surface area contributed by atoms with E-state index >= 15 is 0 Å². The van der Waals surface area contributed by atoms with Crippen molar-refractivity contribution in [2.45, 2.75) is 19.8 Å². The van der Waals surface area contributed by atoms with Crippen molar-refractivity contribution in [2.75, 3.05) is 33.0 Å². The fourth-order valence-electron chi connectivity index (χ4n) is 2.12. The van der Waals surface area contributed by atoms with Gasteiger partial charge in [-0.3, -0.25) is 14.6 Å². The molecule has 134 valence electrons. The SMILES string of the molecule is CCCCNC(=NC)C(C#N)C(=O)Nc1ccc(C(=O)N(C)C)cc1. The van der Waals surface area contributed by atoms with Crippen LogP contribution >= 0.6 is 0 Å². The lowest BCUT2D eigenvalue weighted by Crippen LogP contribution is -2.38. The van der Waals surface area contributed by atoms with Crippen LogP contribution in [0, 0.1) is 17.2 Å². The van der Waals surface area contributed by atoms with E-state index in [4.69, 9.17) is 0 Å². The summed E-state index contributed by atoms with van der Waals surface area (Å²) in [6, 6.07) is 8.51. The number of benzene rings is 1. The molecular formula is C18H25N5O2. The Morgan fingerprint density at radius 2 is 1.92 bits per heavy atom. The summed E-state index contributed by atoms with van der Waals surface area (Å²) in [6.07, 6.45) is 1.94. The first-order chi connectivity index (χ1) is 11.9. The van der Waals surface area contributed by atoms with E-state index in [1.165, 1.54) is 4.90 Å². The molecule has 25 heavy (non-hydrogen) atoms. The van der Waals surface area contributed by atoms with Crippen molar-refractivity contribution in [1.82, 2.24) is 10.2 Å². The molecule has 1 rings (SSSR count). The summed E-state index contributed by atoms with van der Waals surface area (Å²) >= 11 is 0. The maximum Gasteiger partial charge on any atom is 0.253 e. The summed E-state index contributed by atoms with van der Waals surface area (Å²) in [4.78, 5) is 29.7. The molecule has 0 aliphatic heterocycles. The van der Waals surface area contributed by atoms with Gasteiger partial charge < -0.3 is 15.5 Å². The Kier molecular flexibility index (Phi) is 8.13. The third-order valence-corrected chi connectivity index (χ3v) is 3.55. The molecule has 7 heteroatoms. The number of aliphatic imine (C=N–C) groups is 1. The third-order valence-electron chi connectivity index (χ3n) is 3.55. The van der Waals surface area contributed by atoms with Gasteiger partial charge in [0.2, 0.25) is 5.91 Å². The molecule has 0 spiro atoms. The molecule has 1 atom stereocenters. The molecule has 1 aromatic carbocycles. The molecule has 0 radical (unpaired) electrons. The standard InChI is InChI=1S/C18H25N5O2/c1-5-6-11-21-16(20-2)15(12-19)17(24)22-14-9-7-13(8-10-14)18(25)23(3)4/h7-10,15H,5-6,11H2,1-4H3,(H,20,21)(H,22,24). The lowest BCUT2D eigenvalue weighted by Gasteiger charge is -2.15. The molecule has 1 aromatic rings. The lowest BCUT2D eigenvalue weighted by molar-refractivity contribution is -0.116. The zero-order valence-electron chi connectivity index (χ0n) is 15.2. The highest BCUT2D eigenvalue weighted by atomic mass is 16.2. The second-order valence-corrected chi connectivity index (χ2v) is 5.72. The van der Waals surface area contributed by atoms with Gasteiger partial charge in [0.15, 0.2) is 5.92 Å². The molecule has 0 fully saturated rings. The Labute approximate surface area is 148 Å². The summed E-state index contributed by atoms with van der Waals surface area (Å²) in [5, 5.41) is 15.1. The number of nitrogens with one attached hydrogen (secondary N) is 2. The summed E-state index contributed by atoms with van der Waals surface area (Å²) in [6.45, 7) is 2.72. The summed E-state index contributed by atoms with van der Waals surface area (Å²) in [5.74, 6) is -1.23. The van der Waals surface area contributed by atoms with Crippen molar-refractivity contribution >= 4 is 23.3 Å². The monoisotopic (exact) mass is 343 g/mol. The maximum atomic E-state index is 12.4. The molecule has 0 saturated heterocycles. The number of hydrogen-bond acceptors (Lipinski definition) is 4. The number of carbonyl (C=O) groups is 2.